The van der Waals surface area contributed by atoms with Crippen molar-refractivity contribution in [2.24, 2.45) is 5.92 Å². The zero-order valence-corrected chi connectivity index (χ0v) is 11.9. The molecule has 0 aliphatic heterocycles. The molecule has 1 rings (SSSR count). The van der Waals surface area contributed by atoms with Crippen molar-refractivity contribution in [2.45, 2.75) is 53.1 Å². The lowest BCUT2D eigenvalue weighted by molar-refractivity contribution is 0.258. The second kappa shape index (κ2) is 6.64. The summed E-state index contributed by atoms with van der Waals surface area (Å²) in [4.78, 5) is 0. The second-order valence-electron chi connectivity index (χ2n) is 5.22. The Morgan fingerprint density at radius 2 is 2.11 bits per heavy atom. The van der Waals surface area contributed by atoms with Crippen LogP contribution >= 0.6 is 0 Å². The highest BCUT2D eigenvalue weighted by atomic mass is 16.3. The van der Waals surface area contributed by atoms with Gasteiger partial charge >= 0.3 is 0 Å². The van der Waals surface area contributed by atoms with Gasteiger partial charge in [0.1, 0.15) is 5.82 Å². The van der Waals surface area contributed by atoms with Crippen molar-refractivity contribution in [3.8, 4) is 0 Å². The predicted octanol–water partition coefficient (Wildman–Crippen LogP) is 2.00. The minimum atomic E-state index is 0.0269. The highest BCUT2D eigenvalue weighted by Gasteiger charge is 2.16. The van der Waals surface area contributed by atoms with Gasteiger partial charge in [-0.3, -0.25) is 0 Å². The van der Waals surface area contributed by atoms with Crippen molar-refractivity contribution >= 4 is 11.5 Å². The molecule has 1 unspecified atom stereocenters. The molecule has 0 aliphatic rings. The summed E-state index contributed by atoms with van der Waals surface area (Å²) >= 11 is 0. The first kappa shape index (κ1) is 14.8. The van der Waals surface area contributed by atoms with Gasteiger partial charge in [-0.25, -0.2) is 4.68 Å². The summed E-state index contributed by atoms with van der Waals surface area (Å²) in [5, 5.41) is 17.2. The van der Waals surface area contributed by atoms with E-state index in [-0.39, 0.29) is 12.6 Å². The number of aliphatic hydroxyl groups excluding tert-OH is 1. The summed E-state index contributed by atoms with van der Waals surface area (Å²) in [6.07, 6.45) is 1.91. The average Bonchev–Trinajstić information content (AvgIpc) is 2.56. The first-order valence-electron chi connectivity index (χ1n) is 6.69. The largest absolute Gasteiger partial charge is 0.394 e. The topological polar surface area (TPSA) is 76.1 Å². The fourth-order valence-corrected chi connectivity index (χ4v) is 2.06. The maximum Gasteiger partial charge on any atom is 0.148 e. The van der Waals surface area contributed by atoms with E-state index in [0.29, 0.717) is 11.6 Å². The smallest absolute Gasteiger partial charge is 0.148 e. The molecule has 0 saturated carbocycles. The van der Waals surface area contributed by atoms with E-state index in [9.17, 15) is 5.11 Å². The molecule has 4 N–H and O–H groups in total. The van der Waals surface area contributed by atoms with Gasteiger partial charge in [0.15, 0.2) is 0 Å². The van der Waals surface area contributed by atoms with Crippen LogP contribution in [0.3, 0.4) is 0 Å². The Bertz CT molecular complexity index is 373. The van der Waals surface area contributed by atoms with Gasteiger partial charge in [-0.1, -0.05) is 20.8 Å². The van der Waals surface area contributed by atoms with Gasteiger partial charge in [0.05, 0.1) is 24.0 Å². The summed E-state index contributed by atoms with van der Waals surface area (Å²) in [6, 6.07) is 0.0269. The van der Waals surface area contributed by atoms with E-state index >= 15 is 0 Å². The van der Waals surface area contributed by atoms with Gasteiger partial charge in [0.25, 0.3) is 0 Å². The summed E-state index contributed by atoms with van der Waals surface area (Å²) in [5.41, 5.74) is 7.57. The number of hydrogen-bond acceptors (Lipinski definition) is 4. The number of nitrogens with one attached hydrogen (secondary N) is 1. The highest BCUT2D eigenvalue weighted by Crippen LogP contribution is 2.24. The molecule has 0 spiro atoms. The van der Waals surface area contributed by atoms with E-state index in [1.807, 2.05) is 11.6 Å². The quantitative estimate of drug-likeness (QED) is 0.695. The van der Waals surface area contributed by atoms with Crippen LogP contribution in [0.4, 0.5) is 11.5 Å². The van der Waals surface area contributed by atoms with Crippen LogP contribution < -0.4 is 11.1 Å². The van der Waals surface area contributed by atoms with Crippen molar-refractivity contribution < 1.29 is 5.11 Å². The maximum absolute atomic E-state index is 9.42. The minimum Gasteiger partial charge on any atom is -0.394 e. The number of anilines is 2. The Kier molecular flexibility index (Phi) is 5.47. The molecule has 0 fully saturated rings. The van der Waals surface area contributed by atoms with Crippen LogP contribution in [0.15, 0.2) is 0 Å². The fourth-order valence-electron chi connectivity index (χ4n) is 2.06. The Hall–Kier alpha value is -1.23. The van der Waals surface area contributed by atoms with Crippen molar-refractivity contribution in [1.29, 1.82) is 0 Å². The molecule has 1 aromatic heterocycles. The fraction of sp³-hybridized carbons (Fsp3) is 0.769. The number of aromatic nitrogens is 2. The monoisotopic (exact) mass is 254 g/mol. The summed E-state index contributed by atoms with van der Waals surface area (Å²) < 4.78 is 1.90. The lowest BCUT2D eigenvalue weighted by Gasteiger charge is -2.20. The van der Waals surface area contributed by atoms with Crippen molar-refractivity contribution in [3.63, 3.8) is 0 Å². The normalized spacial score (nSPS) is 13.0. The maximum atomic E-state index is 9.42. The summed E-state index contributed by atoms with van der Waals surface area (Å²) in [7, 11) is 0. The van der Waals surface area contributed by atoms with Gasteiger partial charge in [0, 0.05) is 6.54 Å². The number of hydrogen-bond donors (Lipinski definition) is 3. The second-order valence-corrected chi connectivity index (χ2v) is 5.22. The number of aryl methyl sites for hydroxylation is 2. The van der Waals surface area contributed by atoms with E-state index in [4.69, 9.17) is 5.73 Å². The highest BCUT2D eigenvalue weighted by molar-refractivity contribution is 5.65. The van der Waals surface area contributed by atoms with Crippen molar-refractivity contribution in [2.75, 3.05) is 17.7 Å². The number of nitrogens with zero attached hydrogens (tertiary/aromatic N) is 2. The standard InChI is InChI=1S/C13H26N4O/c1-5-6-17-13(12(14)10(4)16-17)15-11(8-18)7-9(2)3/h9,11,15,18H,5-8,14H2,1-4H3. The van der Waals surface area contributed by atoms with Gasteiger partial charge < -0.3 is 16.2 Å². The van der Waals surface area contributed by atoms with E-state index in [2.05, 4.69) is 31.2 Å². The molecule has 1 atom stereocenters. The number of aliphatic hydroxyl groups is 1. The molecule has 0 aromatic carbocycles. The zero-order chi connectivity index (χ0) is 13.7. The lowest BCUT2D eigenvalue weighted by Crippen LogP contribution is -2.27. The SMILES string of the molecule is CCCn1nc(C)c(N)c1NC(CO)CC(C)C. The van der Waals surface area contributed by atoms with Crippen molar-refractivity contribution in [1.82, 2.24) is 9.78 Å². The molecule has 0 aliphatic carbocycles. The number of nitrogen functional groups attached to an aromatic ring is 1. The third kappa shape index (κ3) is 3.63. The molecule has 104 valence electrons. The Labute approximate surface area is 109 Å². The zero-order valence-electron chi connectivity index (χ0n) is 11.9. The molecule has 5 nitrogen and oxygen atoms in total. The molecular formula is C13H26N4O. The first-order valence-corrected chi connectivity index (χ1v) is 6.69. The van der Waals surface area contributed by atoms with Crippen LogP contribution in [0.5, 0.6) is 0 Å². The summed E-state index contributed by atoms with van der Waals surface area (Å²) in [5.74, 6) is 1.37. The first-order chi connectivity index (χ1) is 8.49. The van der Waals surface area contributed by atoms with E-state index < -0.39 is 0 Å². The third-order valence-electron chi connectivity index (χ3n) is 2.93. The summed E-state index contributed by atoms with van der Waals surface area (Å²) in [6.45, 7) is 9.23. The van der Waals surface area contributed by atoms with E-state index in [1.54, 1.807) is 0 Å². The van der Waals surface area contributed by atoms with Crippen LogP contribution in [-0.2, 0) is 6.54 Å². The lowest BCUT2D eigenvalue weighted by atomic mass is 10.0. The predicted molar refractivity (Wildman–Crippen MR) is 75.6 cm³/mol. The molecule has 0 amide bonds. The molecule has 1 aromatic rings. The van der Waals surface area contributed by atoms with E-state index in [1.165, 1.54) is 0 Å². The van der Waals surface area contributed by atoms with Gasteiger partial charge in [-0.2, -0.15) is 5.10 Å². The van der Waals surface area contributed by atoms with Crippen LogP contribution in [0.2, 0.25) is 0 Å². The number of rotatable bonds is 7. The van der Waals surface area contributed by atoms with Gasteiger partial charge in [-0.15, -0.1) is 0 Å². The molecule has 0 bridgehead atoms. The van der Waals surface area contributed by atoms with Gasteiger partial charge in [0.2, 0.25) is 0 Å². The Morgan fingerprint density at radius 1 is 1.44 bits per heavy atom. The van der Waals surface area contributed by atoms with Crippen LogP contribution in [0, 0.1) is 12.8 Å². The Morgan fingerprint density at radius 3 is 2.61 bits per heavy atom. The Balaban J connectivity index is 2.86. The molecule has 0 saturated heterocycles. The molecule has 0 radical (unpaired) electrons. The van der Waals surface area contributed by atoms with Crippen LogP contribution in [-0.4, -0.2) is 27.5 Å². The average molecular weight is 254 g/mol. The van der Waals surface area contributed by atoms with Crippen LogP contribution in [0.1, 0.15) is 39.3 Å². The van der Waals surface area contributed by atoms with Gasteiger partial charge in [-0.05, 0) is 25.7 Å². The van der Waals surface area contributed by atoms with Crippen molar-refractivity contribution in [3.05, 3.63) is 5.69 Å². The minimum absolute atomic E-state index is 0.0269. The molecule has 18 heavy (non-hydrogen) atoms. The van der Waals surface area contributed by atoms with E-state index in [0.717, 1.165) is 30.9 Å². The molecular weight excluding hydrogens is 228 g/mol. The molecule has 1 heterocycles. The third-order valence-corrected chi connectivity index (χ3v) is 2.93. The molecule has 5 heteroatoms. The number of nitrogens with two attached hydrogens (primary N) is 1. The van der Waals surface area contributed by atoms with Crippen LogP contribution in [0.25, 0.3) is 0 Å².